The molecule has 0 radical (unpaired) electrons. The molecule has 0 aliphatic carbocycles. The summed E-state index contributed by atoms with van der Waals surface area (Å²) in [5.41, 5.74) is 0.555. The normalized spacial score (nSPS) is 10.4. The van der Waals surface area contributed by atoms with Crippen molar-refractivity contribution in [1.29, 1.82) is 0 Å². The molecular weight excluding hydrogens is 311 g/mol. The van der Waals surface area contributed by atoms with Gasteiger partial charge in [-0.15, -0.1) is 0 Å². The average Bonchev–Trinajstić information content (AvgIpc) is 2.41. The minimum absolute atomic E-state index is 0.0461. The minimum Gasteiger partial charge on any atom is -0.466 e. The lowest BCUT2D eigenvalue weighted by atomic mass is 10.0. The maximum atomic E-state index is 12.0. The Labute approximate surface area is 135 Å². The number of halogens is 2. The Morgan fingerprint density at radius 1 is 0.952 bits per heavy atom. The first-order chi connectivity index (χ1) is 10.0. The van der Waals surface area contributed by atoms with Crippen LogP contribution in [0.4, 0.5) is 0 Å². The quantitative estimate of drug-likeness (QED) is 0.360. The van der Waals surface area contributed by atoms with Crippen LogP contribution in [0.5, 0.6) is 0 Å². The fourth-order valence-corrected chi connectivity index (χ4v) is 2.53. The number of unbranched alkanes of at least 4 members (excludes halogenated alkanes) is 3. The van der Waals surface area contributed by atoms with Gasteiger partial charge >= 0.3 is 5.97 Å². The molecule has 0 bridgehead atoms. The monoisotopic (exact) mass is 330 g/mol. The number of rotatable bonds is 9. The molecule has 0 N–H and O–H groups in total. The van der Waals surface area contributed by atoms with E-state index < -0.39 is 0 Å². The van der Waals surface area contributed by atoms with Crippen molar-refractivity contribution in [2.75, 3.05) is 6.61 Å². The molecule has 0 unspecified atom stereocenters. The molecule has 0 saturated heterocycles. The number of carbonyl (C=O) groups excluding carboxylic acids is 2. The van der Waals surface area contributed by atoms with Gasteiger partial charge in [-0.1, -0.05) is 36.0 Å². The van der Waals surface area contributed by atoms with Gasteiger partial charge in [-0.2, -0.15) is 0 Å². The van der Waals surface area contributed by atoms with Crippen LogP contribution >= 0.6 is 23.2 Å². The van der Waals surface area contributed by atoms with Crippen LogP contribution in [0, 0.1) is 0 Å². The van der Waals surface area contributed by atoms with E-state index in [0.717, 1.165) is 25.7 Å². The van der Waals surface area contributed by atoms with Gasteiger partial charge in [-0.25, -0.2) is 0 Å². The number of carbonyl (C=O) groups is 2. The Balaban J connectivity index is 2.20. The van der Waals surface area contributed by atoms with Crippen LogP contribution in [0.3, 0.4) is 0 Å². The zero-order valence-corrected chi connectivity index (χ0v) is 13.7. The first-order valence-corrected chi connectivity index (χ1v) is 7.93. The summed E-state index contributed by atoms with van der Waals surface area (Å²) in [5, 5.41) is 0.945. The number of ketones is 1. The molecule has 1 aromatic rings. The lowest BCUT2D eigenvalue weighted by Crippen LogP contribution is -2.03. The van der Waals surface area contributed by atoms with Crippen LogP contribution in [-0.2, 0) is 9.53 Å². The van der Waals surface area contributed by atoms with Gasteiger partial charge in [0.1, 0.15) is 0 Å². The standard InChI is InChI=1S/C16H20Cl2O3/c1-2-21-16(20)8-6-4-3-5-7-15(19)12-9-13(17)11-14(18)10-12/h9-11H,2-8H2,1H3. The van der Waals surface area contributed by atoms with Crippen molar-refractivity contribution in [3.8, 4) is 0 Å². The summed E-state index contributed by atoms with van der Waals surface area (Å²) >= 11 is 11.7. The van der Waals surface area contributed by atoms with Gasteiger partial charge in [-0.05, 0) is 38.0 Å². The Bertz CT molecular complexity index is 466. The highest BCUT2D eigenvalue weighted by atomic mass is 35.5. The third-order valence-electron chi connectivity index (χ3n) is 3.02. The van der Waals surface area contributed by atoms with Gasteiger partial charge in [0.15, 0.2) is 5.78 Å². The molecule has 1 aromatic carbocycles. The van der Waals surface area contributed by atoms with E-state index in [4.69, 9.17) is 27.9 Å². The van der Waals surface area contributed by atoms with Gasteiger partial charge in [0.25, 0.3) is 0 Å². The molecular formula is C16H20Cl2O3. The van der Waals surface area contributed by atoms with Crippen molar-refractivity contribution in [3.63, 3.8) is 0 Å². The Hall–Kier alpha value is -1.06. The summed E-state index contributed by atoms with van der Waals surface area (Å²) in [6, 6.07) is 4.88. The Morgan fingerprint density at radius 3 is 2.10 bits per heavy atom. The third kappa shape index (κ3) is 7.49. The van der Waals surface area contributed by atoms with Crippen molar-refractivity contribution in [1.82, 2.24) is 0 Å². The predicted molar refractivity (Wildman–Crippen MR) is 85.1 cm³/mol. The van der Waals surface area contributed by atoms with Crippen molar-refractivity contribution in [3.05, 3.63) is 33.8 Å². The highest BCUT2D eigenvalue weighted by molar-refractivity contribution is 6.35. The Morgan fingerprint density at radius 2 is 1.52 bits per heavy atom. The predicted octanol–water partition coefficient (Wildman–Crippen LogP) is 5.08. The SMILES string of the molecule is CCOC(=O)CCCCCCC(=O)c1cc(Cl)cc(Cl)c1. The molecule has 1 rings (SSSR count). The second kappa shape index (κ2) is 9.80. The third-order valence-corrected chi connectivity index (χ3v) is 3.46. The number of ether oxygens (including phenoxy) is 1. The van der Waals surface area contributed by atoms with Crippen LogP contribution in [0.1, 0.15) is 55.8 Å². The summed E-state index contributed by atoms with van der Waals surface area (Å²) in [6.45, 7) is 2.22. The van der Waals surface area contributed by atoms with E-state index in [0.29, 0.717) is 35.1 Å². The first-order valence-electron chi connectivity index (χ1n) is 7.18. The van der Waals surface area contributed by atoms with Crippen molar-refractivity contribution >= 4 is 35.0 Å². The number of Topliss-reactive ketones (excluding diaryl/α,β-unsaturated/α-hetero) is 1. The van der Waals surface area contributed by atoms with Gasteiger partial charge in [-0.3, -0.25) is 9.59 Å². The van der Waals surface area contributed by atoms with Gasteiger partial charge in [0, 0.05) is 28.5 Å². The highest BCUT2D eigenvalue weighted by Gasteiger charge is 2.08. The summed E-state index contributed by atoms with van der Waals surface area (Å²) in [5.74, 6) is -0.105. The van der Waals surface area contributed by atoms with Crippen LogP contribution in [0.15, 0.2) is 18.2 Å². The zero-order chi connectivity index (χ0) is 15.7. The van der Waals surface area contributed by atoms with E-state index in [1.807, 2.05) is 0 Å². The lowest BCUT2D eigenvalue weighted by molar-refractivity contribution is -0.143. The summed E-state index contributed by atoms with van der Waals surface area (Å²) < 4.78 is 4.85. The van der Waals surface area contributed by atoms with E-state index in [1.54, 1.807) is 25.1 Å². The molecule has 21 heavy (non-hydrogen) atoms. The molecule has 0 amide bonds. The molecule has 0 saturated carbocycles. The first kappa shape index (κ1) is 18.0. The van der Waals surface area contributed by atoms with Crippen LogP contribution < -0.4 is 0 Å². The second-order valence-electron chi connectivity index (χ2n) is 4.80. The molecule has 0 heterocycles. The van der Waals surface area contributed by atoms with Crippen LogP contribution in [-0.4, -0.2) is 18.4 Å². The fourth-order valence-electron chi connectivity index (χ4n) is 2.00. The van der Waals surface area contributed by atoms with E-state index in [1.165, 1.54) is 0 Å². The summed E-state index contributed by atoms with van der Waals surface area (Å²) in [7, 11) is 0. The topological polar surface area (TPSA) is 43.4 Å². The number of hydrogen-bond acceptors (Lipinski definition) is 3. The number of esters is 1. The molecule has 0 aliphatic heterocycles. The smallest absolute Gasteiger partial charge is 0.305 e. The Kier molecular flexibility index (Phi) is 8.40. The van der Waals surface area contributed by atoms with Gasteiger partial charge < -0.3 is 4.74 Å². The zero-order valence-electron chi connectivity index (χ0n) is 12.2. The molecule has 0 aliphatic rings. The van der Waals surface area contributed by atoms with E-state index in [9.17, 15) is 9.59 Å². The fraction of sp³-hybridized carbons (Fsp3) is 0.500. The molecule has 0 fully saturated rings. The average molecular weight is 331 g/mol. The van der Waals surface area contributed by atoms with Gasteiger partial charge in [0.05, 0.1) is 6.61 Å². The number of hydrogen-bond donors (Lipinski definition) is 0. The molecule has 3 nitrogen and oxygen atoms in total. The van der Waals surface area contributed by atoms with Crippen molar-refractivity contribution in [2.24, 2.45) is 0 Å². The second-order valence-corrected chi connectivity index (χ2v) is 5.67. The van der Waals surface area contributed by atoms with Gasteiger partial charge in [0.2, 0.25) is 0 Å². The maximum Gasteiger partial charge on any atom is 0.305 e. The largest absolute Gasteiger partial charge is 0.466 e. The molecule has 0 spiro atoms. The molecule has 116 valence electrons. The number of benzene rings is 1. The molecule has 5 heteroatoms. The summed E-state index contributed by atoms with van der Waals surface area (Å²) in [4.78, 5) is 23.1. The van der Waals surface area contributed by atoms with Crippen LogP contribution in [0.2, 0.25) is 10.0 Å². The maximum absolute atomic E-state index is 12.0. The van der Waals surface area contributed by atoms with Crippen molar-refractivity contribution < 1.29 is 14.3 Å². The highest BCUT2D eigenvalue weighted by Crippen LogP contribution is 2.20. The van der Waals surface area contributed by atoms with Crippen LogP contribution in [0.25, 0.3) is 0 Å². The van der Waals surface area contributed by atoms with Crippen molar-refractivity contribution in [2.45, 2.75) is 45.4 Å². The summed E-state index contributed by atoms with van der Waals surface area (Å²) in [6.07, 6.45) is 4.35. The molecule has 0 atom stereocenters. The van der Waals surface area contributed by atoms with E-state index in [2.05, 4.69) is 0 Å². The lowest BCUT2D eigenvalue weighted by Gasteiger charge is -2.04. The minimum atomic E-state index is -0.151. The van der Waals surface area contributed by atoms with E-state index >= 15 is 0 Å². The molecule has 0 aromatic heterocycles. The van der Waals surface area contributed by atoms with E-state index in [-0.39, 0.29) is 11.8 Å².